The molecule has 1 rings (SSSR count). The number of ether oxygens (including phenoxy) is 1. The second kappa shape index (κ2) is 3.45. The fourth-order valence-electron chi connectivity index (χ4n) is 2.02. The van der Waals surface area contributed by atoms with Crippen molar-refractivity contribution < 1.29 is 4.74 Å². The zero-order valence-corrected chi connectivity index (χ0v) is 9.55. The van der Waals surface area contributed by atoms with Gasteiger partial charge in [0.15, 0.2) is 0 Å². The molecule has 0 bridgehead atoms. The van der Waals surface area contributed by atoms with Gasteiger partial charge in [-0.2, -0.15) is 0 Å². The van der Waals surface area contributed by atoms with Crippen molar-refractivity contribution in [2.24, 2.45) is 5.41 Å². The summed E-state index contributed by atoms with van der Waals surface area (Å²) >= 11 is 0. The number of rotatable bonds is 2. The first-order chi connectivity index (χ1) is 5.91. The van der Waals surface area contributed by atoms with Crippen LogP contribution in [0.3, 0.4) is 0 Å². The predicted molar refractivity (Wildman–Crippen MR) is 56.8 cm³/mol. The Kier molecular flexibility index (Phi) is 2.86. The molecule has 0 aromatic carbocycles. The van der Waals surface area contributed by atoms with E-state index in [0.717, 1.165) is 6.42 Å². The van der Waals surface area contributed by atoms with Gasteiger partial charge < -0.3 is 4.74 Å². The van der Waals surface area contributed by atoms with Crippen LogP contribution in [0, 0.1) is 5.41 Å². The van der Waals surface area contributed by atoms with Crippen molar-refractivity contribution in [3.05, 3.63) is 12.2 Å². The summed E-state index contributed by atoms with van der Waals surface area (Å²) in [7, 11) is 0. The lowest BCUT2D eigenvalue weighted by atomic mass is 9.74. The van der Waals surface area contributed by atoms with E-state index in [0.29, 0.717) is 0 Å². The molecule has 0 aromatic heterocycles. The molecule has 76 valence electrons. The highest BCUT2D eigenvalue weighted by molar-refractivity contribution is 5.15. The maximum Gasteiger partial charge on any atom is 0.0919 e. The lowest BCUT2D eigenvalue weighted by Gasteiger charge is -2.40. The van der Waals surface area contributed by atoms with E-state index in [2.05, 4.69) is 46.8 Å². The Labute approximate surface area is 82.2 Å². The van der Waals surface area contributed by atoms with E-state index >= 15 is 0 Å². The normalized spacial score (nSPS) is 34.1. The molecule has 1 heteroatoms. The molecule has 13 heavy (non-hydrogen) atoms. The van der Waals surface area contributed by atoms with Crippen LogP contribution in [0.25, 0.3) is 0 Å². The molecule has 0 saturated carbocycles. The molecule has 0 aliphatic carbocycles. The summed E-state index contributed by atoms with van der Waals surface area (Å²) in [6, 6.07) is 0. The highest BCUT2D eigenvalue weighted by Crippen LogP contribution is 2.42. The van der Waals surface area contributed by atoms with E-state index < -0.39 is 0 Å². The average Bonchev–Trinajstić information content (AvgIpc) is 2.32. The minimum Gasteiger partial charge on any atom is -0.363 e. The molecule has 1 heterocycles. The Morgan fingerprint density at radius 3 is 2.31 bits per heavy atom. The van der Waals surface area contributed by atoms with E-state index in [1.165, 1.54) is 6.42 Å². The van der Waals surface area contributed by atoms with Crippen LogP contribution in [0.15, 0.2) is 12.2 Å². The predicted octanol–water partition coefficient (Wildman–Crippen LogP) is 3.55. The van der Waals surface area contributed by atoms with Gasteiger partial charge in [-0.25, -0.2) is 0 Å². The maximum atomic E-state index is 6.04. The molecule has 2 atom stereocenters. The Balaban J connectivity index is 2.85. The minimum atomic E-state index is -0.0266. The summed E-state index contributed by atoms with van der Waals surface area (Å²) in [6.07, 6.45) is 7.03. The fraction of sp³-hybridized carbons (Fsp3) is 0.833. The van der Waals surface area contributed by atoms with E-state index in [1.54, 1.807) is 0 Å². The van der Waals surface area contributed by atoms with Crippen LogP contribution in [0.2, 0.25) is 0 Å². The first-order valence-corrected chi connectivity index (χ1v) is 5.28. The molecular weight excluding hydrogens is 160 g/mol. The molecule has 0 radical (unpaired) electrons. The molecule has 1 aliphatic rings. The van der Waals surface area contributed by atoms with Crippen molar-refractivity contribution in [1.82, 2.24) is 0 Å². The zero-order valence-electron chi connectivity index (χ0n) is 9.55. The summed E-state index contributed by atoms with van der Waals surface area (Å²) in [5.41, 5.74) is 0.172. The van der Waals surface area contributed by atoms with E-state index in [9.17, 15) is 0 Å². The Hall–Kier alpha value is -0.300. The van der Waals surface area contributed by atoms with Gasteiger partial charge in [-0.05, 0) is 18.8 Å². The number of hydrogen-bond donors (Lipinski definition) is 0. The number of hydrogen-bond acceptors (Lipinski definition) is 1. The monoisotopic (exact) mass is 182 g/mol. The van der Waals surface area contributed by atoms with Gasteiger partial charge >= 0.3 is 0 Å². The van der Waals surface area contributed by atoms with Crippen molar-refractivity contribution in [1.29, 1.82) is 0 Å². The van der Waals surface area contributed by atoms with Gasteiger partial charge in [0.2, 0.25) is 0 Å². The summed E-state index contributed by atoms with van der Waals surface area (Å²) in [6.45, 7) is 11.1. The molecule has 0 spiro atoms. The lowest BCUT2D eigenvalue weighted by Crippen LogP contribution is -2.42. The van der Waals surface area contributed by atoms with Crippen molar-refractivity contribution in [2.75, 3.05) is 0 Å². The van der Waals surface area contributed by atoms with Crippen LogP contribution >= 0.6 is 0 Å². The molecule has 0 fully saturated rings. The Bertz CT molecular complexity index is 200. The van der Waals surface area contributed by atoms with Gasteiger partial charge in [0.25, 0.3) is 0 Å². The van der Waals surface area contributed by atoms with Crippen molar-refractivity contribution in [3.63, 3.8) is 0 Å². The van der Waals surface area contributed by atoms with Crippen molar-refractivity contribution in [3.8, 4) is 0 Å². The lowest BCUT2D eigenvalue weighted by molar-refractivity contribution is -0.0900. The van der Waals surface area contributed by atoms with Gasteiger partial charge in [0.05, 0.1) is 11.7 Å². The SMILES string of the molecule is CCC[C@]1(C(C)(C)C)C=C[C@@H](C)O1. The van der Waals surface area contributed by atoms with Crippen molar-refractivity contribution in [2.45, 2.75) is 59.2 Å². The molecule has 0 saturated heterocycles. The van der Waals surface area contributed by atoms with Gasteiger partial charge in [0.1, 0.15) is 0 Å². The van der Waals surface area contributed by atoms with Crippen LogP contribution in [-0.2, 0) is 4.74 Å². The largest absolute Gasteiger partial charge is 0.363 e. The van der Waals surface area contributed by atoms with E-state index in [4.69, 9.17) is 4.74 Å². The van der Waals surface area contributed by atoms with Gasteiger partial charge in [0, 0.05) is 0 Å². The molecule has 1 nitrogen and oxygen atoms in total. The average molecular weight is 182 g/mol. The smallest absolute Gasteiger partial charge is 0.0919 e. The molecule has 0 aromatic rings. The Morgan fingerprint density at radius 2 is 2.00 bits per heavy atom. The molecule has 0 amide bonds. The second-order valence-electron chi connectivity index (χ2n) is 5.07. The third kappa shape index (κ3) is 1.96. The first-order valence-electron chi connectivity index (χ1n) is 5.28. The Morgan fingerprint density at radius 1 is 1.38 bits per heavy atom. The standard InChI is InChI=1S/C12H22O/c1-6-8-12(11(3,4)5)9-7-10(2)13-12/h7,9-10H,6,8H2,1-5H3/t10-,12-/m1/s1. The molecular formula is C12H22O. The van der Waals surface area contributed by atoms with Gasteiger partial charge in [-0.3, -0.25) is 0 Å². The quantitative estimate of drug-likeness (QED) is 0.593. The third-order valence-corrected chi connectivity index (χ3v) is 2.92. The molecule has 0 N–H and O–H groups in total. The highest BCUT2D eigenvalue weighted by atomic mass is 16.5. The van der Waals surface area contributed by atoms with Crippen LogP contribution in [0.1, 0.15) is 47.5 Å². The van der Waals surface area contributed by atoms with Crippen LogP contribution in [-0.4, -0.2) is 11.7 Å². The topological polar surface area (TPSA) is 9.23 Å². The second-order valence-corrected chi connectivity index (χ2v) is 5.07. The zero-order chi connectivity index (χ0) is 10.1. The summed E-state index contributed by atoms with van der Waals surface area (Å²) in [4.78, 5) is 0. The molecule has 0 unspecified atom stereocenters. The van der Waals surface area contributed by atoms with Crippen LogP contribution < -0.4 is 0 Å². The summed E-state index contributed by atoms with van der Waals surface area (Å²) in [5, 5.41) is 0. The third-order valence-electron chi connectivity index (χ3n) is 2.92. The van der Waals surface area contributed by atoms with Gasteiger partial charge in [-0.15, -0.1) is 0 Å². The first kappa shape index (κ1) is 10.8. The van der Waals surface area contributed by atoms with Crippen LogP contribution in [0.4, 0.5) is 0 Å². The maximum absolute atomic E-state index is 6.04. The van der Waals surface area contributed by atoms with E-state index in [-0.39, 0.29) is 17.1 Å². The van der Waals surface area contributed by atoms with E-state index in [1.807, 2.05) is 0 Å². The molecule has 1 aliphatic heterocycles. The van der Waals surface area contributed by atoms with Crippen LogP contribution in [0.5, 0.6) is 0 Å². The van der Waals surface area contributed by atoms with Crippen molar-refractivity contribution >= 4 is 0 Å². The summed E-state index contributed by atoms with van der Waals surface area (Å²) < 4.78 is 6.04. The minimum absolute atomic E-state index is 0.0266. The summed E-state index contributed by atoms with van der Waals surface area (Å²) in [5.74, 6) is 0. The highest BCUT2D eigenvalue weighted by Gasteiger charge is 2.43. The van der Waals surface area contributed by atoms with Gasteiger partial charge in [-0.1, -0.05) is 46.3 Å². The fourth-order valence-corrected chi connectivity index (χ4v) is 2.02.